The molecular weight excluding hydrogens is 238 g/mol. The Balaban J connectivity index is 1.97. The molecule has 0 unspecified atom stereocenters. The van der Waals surface area contributed by atoms with Crippen LogP contribution in [0.15, 0.2) is 24.3 Å². The SMILES string of the molecule is COC(=O)[C@H]1CC[C@H](c2cccc(Cl)c2)CN1. The Morgan fingerprint density at radius 1 is 1.47 bits per heavy atom. The molecule has 0 aromatic heterocycles. The van der Waals surface area contributed by atoms with Gasteiger partial charge in [-0.2, -0.15) is 0 Å². The van der Waals surface area contributed by atoms with Crippen molar-refractivity contribution in [2.24, 2.45) is 0 Å². The number of hydrogen-bond donors (Lipinski definition) is 1. The fourth-order valence-electron chi connectivity index (χ4n) is 2.24. The highest BCUT2D eigenvalue weighted by Crippen LogP contribution is 2.27. The quantitative estimate of drug-likeness (QED) is 0.823. The molecule has 0 bridgehead atoms. The molecule has 2 rings (SSSR count). The minimum absolute atomic E-state index is 0.157. The summed E-state index contributed by atoms with van der Waals surface area (Å²) in [6.07, 6.45) is 1.79. The number of piperidine rings is 1. The van der Waals surface area contributed by atoms with Crippen LogP contribution in [0.5, 0.6) is 0 Å². The predicted octanol–water partition coefficient (Wildman–Crippen LogP) is 2.35. The van der Waals surface area contributed by atoms with Crippen molar-refractivity contribution < 1.29 is 9.53 Å². The van der Waals surface area contributed by atoms with Gasteiger partial charge in [0, 0.05) is 11.6 Å². The van der Waals surface area contributed by atoms with Crippen molar-refractivity contribution in [1.82, 2.24) is 5.32 Å². The minimum Gasteiger partial charge on any atom is -0.468 e. The molecule has 1 aromatic carbocycles. The highest BCUT2D eigenvalue weighted by Gasteiger charge is 2.26. The molecule has 0 radical (unpaired) electrons. The lowest BCUT2D eigenvalue weighted by molar-refractivity contribution is -0.143. The lowest BCUT2D eigenvalue weighted by Gasteiger charge is -2.28. The number of hydrogen-bond acceptors (Lipinski definition) is 3. The fraction of sp³-hybridized carbons (Fsp3) is 0.462. The van der Waals surface area contributed by atoms with Crippen LogP contribution in [0.3, 0.4) is 0 Å². The molecule has 4 heteroatoms. The molecule has 1 aliphatic heterocycles. The van der Waals surface area contributed by atoms with E-state index < -0.39 is 0 Å². The molecule has 3 nitrogen and oxygen atoms in total. The lowest BCUT2D eigenvalue weighted by atomic mass is 9.89. The Bertz CT molecular complexity index is 400. The third-order valence-corrected chi connectivity index (χ3v) is 3.46. The Hall–Kier alpha value is -1.06. The first-order valence-electron chi connectivity index (χ1n) is 5.77. The first-order valence-corrected chi connectivity index (χ1v) is 6.15. The number of rotatable bonds is 2. The molecule has 0 amide bonds. The van der Waals surface area contributed by atoms with Crippen LogP contribution in [-0.4, -0.2) is 25.7 Å². The van der Waals surface area contributed by atoms with Gasteiger partial charge < -0.3 is 10.1 Å². The summed E-state index contributed by atoms with van der Waals surface area (Å²) in [6, 6.07) is 7.75. The zero-order valence-corrected chi connectivity index (χ0v) is 10.5. The van der Waals surface area contributed by atoms with Crippen molar-refractivity contribution in [2.45, 2.75) is 24.8 Å². The zero-order chi connectivity index (χ0) is 12.3. The summed E-state index contributed by atoms with van der Waals surface area (Å²) in [5.41, 5.74) is 1.23. The molecule has 1 aromatic rings. The zero-order valence-electron chi connectivity index (χ0n) is 9.78. The van der Waals surface area contributed by atoms with Gasteiger partial charge in [-0.15, -0.1) is 0 Å². The highest BCUT2D eigenvalue weighted by atomic mass is 35.5. The topological polar surface area (TPSA) is 38.3 Å². The number of halogens is 1. The molecule has 1 saturated heterocycles. The molecule has 1 heterocycles. The molecule has 0 spiro atoms. The van der Waals surface area contributed by atoms with Crippen LogP contribution < -0.4 is 5.32 Å². The van der Waals surface area contributed by atoms with Crippen LogP contribution in [0.1, 0.15) is 24.3 Å². The number of nitrogens with one attached hydrogen (secondary N) is 1. The molecule has 1 N–H and O–H groups in total. The summed E-state index contributed by atoms with van der Waals surface area (Å²) < 4.78 is 4.73. The lowest BCUT2D eigenvalue weighted by Crippen LogP contribution is -2.43. The fourth-order valence-corrected chi connectivity index (χ4v) is 2.44. The Morgan fingerprint density at radius 3 is 2.88 bits per heavy atom. The Labute approximate surface area is 106 Å². The van der Waals surface area contributed by atoms with Crippen molar-refractivity contribution in [3.05, 3.63) is 34.9 Å². The van der Waals surface area contributed by atoms with Crippen LogP contribution in [-0.2, 0) is 9.53 Å². The predicted molar refractivity (Wildman–Crippen MR) is 67.2 cm³/mol. The second-order valence-electron chi connectivity index (χ2n) is 4.31. The van der Waals surface area contributed by atoms with Crippen LogP contribution in [0.2, 0.25) is 5.02 Å². The minimum atomic E-state index is -0.172. The van der Waals surface area contributed by atoms with E-state index in [0.717, 1.165) is 24.4 Å². The number of methoxy groups -OCH3 is 1. The normalized spacial score (nSPS) is 24.4. The summed E-state index contributed by atoms with van der Waals surface area (Å²) in [7, 11) is 1.42. The van der Waals surface area contributed by atoms with E-state index in [2.05, 4.69) is 11.4 Å². The number of ether oxygens (including phenoxy) is 1. The Kier molecular flexibility index (Phi) is 4.02. The van der Waals surface area contributed by atoms with E-state index in [-0.39, 0.29) is 12.0 Å². The average molecular weight is 254 g/mol. The first-order chi connectivity index (χ1) is 8.20. The molecule has 1 aliphatic rings. The van der Waals surface area contributed by atoms with Gasteiger partial charge in [-0.25, -0.2) is 0 Å². The summed E-state index contributed by atoms with van der Waals surface area (Å²) in [5, 5.41) is 3.98. The van der Waals surface area contributed by atoms with Gasteiger partial charge in [0.15, 0.2) is 0 Å². The van der Waals surface area contributed by atoms with Gasteiger partial charge in [0.2, 0.25) is 0 Å². The third kappa shape index (κ3) is 2.99. The molecule has 1 fully saturated rings. The summed E-state index contributed by atoms with van der Waals surface area (Å²) in [4.78, 5) is 11.4. The van der Waals surface area contributed by atoms with Crippen molar-refractivity contribution in [3.63, 3.8) is 0 Å². The summed E-state index contributed by atoms with van der Waals surface area (Å²) in [5.74, 6) is 0.254. The monoisotopic (exact) mass is 253 g/mol. The number of esters is 1. The second-order valence-corrected chi connectivity index (χ2v) is 4.75. The van der Waals surface area contributed by atoms with Gasteiger partial charge in [0.25, 0.3) is 0 Å². The number of carbonyl (C=O) groups excluding carboxylic acids is 1. The van der Waals surface area contributed by atoms with Crippen LogP contribution >= 0.6 is 11.6 Å². The smallest absolute Gasteiger partial charge is 0.322 e. The maximum atomic E-state index is 11.4. The van der Waals surface area contributed by atoms with Crippen LogP contribution in [0.4, 0.5) is 0 Å². The maximum absolute atomic E-state index is 11.4. The third-order valence-electron chi connectivity index (χ3n) is 3.22. The van der Waals surface area contributed by atoms with Crippen molar-refractivity contribution in [2.75, 3.05) is 13.7 Å². The largest absolute Gasteiger partial charge is 0.468 e. The van der Waals surface area contributed by atoms with E-state index in [1.807, 2.05) is 18.2 Å². The molecule has 0 saturated carbocycles. The van der Waals surface area contributed by atoms with Crippen molar-refractivity contribution >= 4 is 17.6 Å². The van der Waals surface area contributed by atoms with Gasteiger partial charge in [-0.1, -0.05) is 23.7 Å². The highest BCUT2D eigenvalue weighted by molar-refractivity contribution is 6.30. The van der Waals surface area contributed by atoms with Crippen molar-refractivity contribution in [1.29, 1.82) is 0 Å². The first kappa shape index (κ1) is 12.4. The van der Waals surface area contributed by atoms with Gasteiger partial charge in [-0.05, 0) is 36.5 Å². The molecular formula is C13H16ClNO2. The second kappa shape index (κ2) is 5.52. The molecule has 0 aliphatic carbocycles. The maximum Gasteiger partial charge on any atom is 0.322 e. The summed E-state index contributed by atoms with van der Waals surface area (Å²) in [6.45, 7) is 0.792. The van der Waals surface area contributed by atoms with Crippen molar-refractivity contribution in [3.8, 4) is 0 Å². The molecule has 2 atom stereocenters. The van der Waals surface area contributed by atoms with E-state index in [1.54, 1.807) is 0 Å². The number of benzene rings is 1. The summed E-state index contributed by atoms with van der Waals surface area (Å²) >= 11 is 5.97. The van der Waals surface area contributed by atoms with Gasteiger partial charge in [-0.3, -0.25) is 4.79 Å². The van der Waals surface area contributed by atoms with Gasteiger partial charge >= 0.3 is 5.97 Å². The number of carbonyl (C=O) groups is 1. The van der Waals surface area contributed by atoms with E-state index in [0.29, 0.717) is 5.92 Å². The van der Waals surface area contributed by atoms with E-state index >= 15 is 0 Å². The van der Waals surface area contributed by atoms with Crippen LogP contribution in [0.25, 0.3) is 0 Å². The van der Waals surface area contributed by atoms with Gasteiger partial charge in [0.1, 0.15) is 6.04 Å². The molecule has 17 heavy (non-hydrogen) atoms. The Morgan fingerprint density at radius 2 is 2.29 bits per heavy atom. The standard InChI is InChI=1S/C13H16ClNO2/c1-17-13(16)12-6-5-10(8-15-12)9-3-2-4-11(14)7-9/h2-4,7,10,12,15H,5-6,8H2,1H3/t10-,12+/m0/s1. The van der Waals surface area contributed by atoms with E-state index in [1.165, 1.54) is 12.7 Å². The molecule has 92 valence electrons. The van der Waals surface area contributed by atoms with E-state index in [9.17, 15) is 4.79 Å². The van der Waals surface area contributed by atoms with Crippen LogP contribution in [0, 0.1) is 0 Å². The van der Waals surface area contributed by atoms with E-state index in [4.69, 9.17) is 16.3 Å². The average Bonchev–Trinajstić information content (AvgIpc) is 2.38. The van der Waals surface area contributed by atoms with Gasteiger partial charge in [0.05, 0.1) is 7.11 Å².